The van der Waals surface area contributed by atoms with Gasteiger partial charge in [0.2, 0.25) is 0 Å². The number of piperazine rings is 1. The third kappa shape index (κ3) is 2.92. The lowest BCUT2D eigenvalue weighted by Gasteiger charge is -2.41. The van der Waals surface area contributed by atoms with Gasteiger partial charge >= 0.3 is 0 Å². The fraction of sp³-hybridized carbons (Fsp3) is 1.00. The van der Waals surface area contributed by atoms with E-state index < -0.39 is 0 Å². The normalized spacial score (nSPS) is 27.8. The minimum atomic E-state index is 0.176. The van der Waals surface area contributed by atoms with Crippen molar-refractivity contribution in [3.05, 3.63) is 0 Å². The summed E-state index contributed by atoms with van der Waals surface area (Å²) in [6.45, 7) is 5.79. The number of nitrogens with one attached hydrogen (secondary N) is 1. The van der Waals surface area contributed by atoms with Gasteiger partial charge in [-0.15, -0.1) is 0 Å². The fourth-order valence-corrected chi connectivity index (χ4v) is 2.90. The summed E-state index contributed by atoms with van der Waals surface area (Å²) in [6.07, 6.45) is 6.60. The lowest BCUT2D eigenvalue weighted by atomic mass is 9.84. The van der Waals surface area contributed by atoms with Crippen LogP contribution in [-0.4, -0.2) is 50.3 Å². The van der Waals surface area contributed by atoms with Crippen LogP contribution in [0, 0.1) is 0 Å². The van der Waals surface area contributed by atoms with Crippen LogP contribution in [0.5, 0.6) is 0 Å². The number of hydrogen-bond acceptors (Lipinski definition) is 3. The Balaban J connectivity index is 1.87. The number of rotatable bonds is 3. The van der Waals surface area contributed by atoms with Gasteiger partial charge < -0.3 is 10.1 Å². The Labute approximate surface area is 93.2 Å². The van der Waals surface area contributed by atoms with Crippen molar-refractivity contribution in [1.29, 1.82) is 0 Å². The van der Waals surface area contributed by atoms with Gasteiger partial charge in [-0.3, -0.25) is 4.90 Å². The van der Waals surface area contributed by atoms with E-state index in [9.17, 15) is 0 Å². The molecule has 0 unspecified atom stereocenters. The largest absolute Gasteiger partial charge is 0.377 e. The maximum atomic E-state index is 5.82. The summed E-state index contributed by atoms with van der Waals surface area (Å²) in [7, 11) is 1.90. The first kappa shape index (κ1) is 11.4. The van der Waals surface area contributed by atoms with Crippen molar-refractivity contribution < 1.29 is 4.74 Å². The predicted octanol–water partition coefficient (Wildman–Crippen LogP) is 1.24. The number of methoxy groups -OCH3 is 1. The van der Waals surface area contributed by atoms with Gasteiger partial charge in [0, 0.05) is 39.8 Å². The van der Waals surface area contributed by atoms with Crippen LogP contribution in [0.1, 0.15) is 32.1 Å². The molecule has 15 heavy (non-hydrogen) atoms. The van der Waals surface area contributed by atoms with E-state index in [1.807, 2.05) is 7.11 Å². The molecule has 2 rings (SSSR count). The molecular formula is C12H24N2O. The number of nitrogens with zero attached hydrogens (tertiary/aromatic N) is 1. The van der Waals surface area contributed by atoms with Crippen molar-refractivity contribution in [3.63, 3.8) is 0 Å². The molecule has 0 spiro atoms. The first-order valence-corrected chi connectivity index (χ1v) is 6.33. The summed E-state index contributed by atoms with van der Waals surface area (Å²) in [5.74, 6) is 0. The second-order valence-corrected chi connectivity index (χ2v) is 4.97. The molecule has 0 aromatic heterocycles. The third-order valence-corrected chi connectivity index (χ3v) is 3.92. The molecular weight excluding hydrogens is 188 g/mol. The zero-order valence-electron chi connectivity index (χ0n) is 9.93. The van der Waals surface area contributed by atoms with Gasteiger partial charge in [-0.25, -0.2) is 0 Å². The maximum Gasteiger partial charge on any atom is 0.0805 e. The van der Waals surface area contributed by atoms with Crippen LogP contribution >= 0.6 is 0 Å². The summed E-state index contributed by atoms with van der Waals surface area (Å²) in [6, 6.07) is 0. The Morgan fingerprint density at radius 3 is 2.40 bits per heavy atom. The molecule has 2 fully saturated rings. The summed E-state index contributed by atoms with van der Waals surface area (Å²) in [5.41, 5.74) is 0.176. The third-order valence-electron chi connectivity index (χ3n) is 3.92. The Morgan fingerprint density at radius 1 is 1.13 bits per heavy atom. The van der Waals surface area contributed by atoms with Crippen LogP contribution in [0.15, 0.2) is 0 Å². The minimum absolute atomic E-state index is 0.176. The van der Waals surface area contributed by atoms with Crippen molar-refractivity contribution in [3.8, 4) is 0 Å². The van der Waals surface area contributed by atoms with Crippen LogP contribution in [-0.2, 0) is 4.74 Å². The van der Waals surface area contributed by atoms with Crippen molar-refractivity contribution in [2.45, 2.75) is 37.7 Å². The SMILES string of the molecule is COC1(CN2CCNCC2)CCCCC1. The van der Waals surface area contributed by atoms with E-state index in [0.29, 0.717) is 0 Å². The highest BCUT2D eigenvalue weighted by molar-refractivity contribution is 4.88. The molecule has 2 aliphatic rings. The van der Waals surface area contributed by atoms with Gasteiger partial charge in [-0.1, -0.05) is 19.3 Å². The van der Waals surface area contributed by atoms with Gasteiger partial charge in [0.05, 0.1) is 5.60 Å². The molecule has 0 bridgehead atoms. The number of hydrogen-bond donors (Lipinski definition) is 1. The van der Waals surface area contributed by atoms with Crippen LogP contribution in [0.2, 0.25) is 0 Å². The summed E-state index contributed by atoms with van der Waals surface area (Å²) < 4.78 is 5.82. The quantitative estimate of drug-likeness (QED) is 0.762. The second-order valence-electron chi connectivity index (χ2n) is 4.97. The van der Waals surface area contributed by atoms with E-state index in [-0.39, 0.29) is 5.60 Å². The van der Waals surface area contributed by atoms with Crippen molar-refractivity contribution in [2.24, 2.45) is 0 Å². The minimum Gasteiger partial charge on any atom is -0.377 e. The standard InChI is InChI=1S/C12H24N2O/c1-15-12(5-3-2-4-6-12)11-14-9-7-13-8-10-14/h13H,2-11H2,1H3. The molecule has 0 aromatic carbocycles. The number of ether oxygens (including phenoxy) is 1. The van der Waals surface area contributed by atoms with Crippen LogP contribution in [0.4, 0.5) is 0 Å². The topological polar surface area (TPSA) is 24.5 Å². The molecule has 1 aliphatic carbocycles. The second kappa shape index (κ2) is 5.28. The molecule has 88 valence electrons. The van der Waals surface area contributed by atoms with E-state index in [1.165, 1.54) is 45.2 Å². The molecule has 3 heteroatoms. The van der Waals surface area contributed by atoms with Gasteiger partial charge in [0.1, 0.15) is 0 Å². The van der Waals surface area contributed by atoms with E-state index >= 15 is 0 Å². The van der Waals surface area contributed by atoms with Gasteiger partial charge in [-0.05, 0) is 12.8 Å². The van der Waals surface area contributed by atoms with E-state index in [4.69, 9.17) is 4.74 Å². The van der Waals surface area contributed by atoms with Crippen LogP contribution in [0.3, 0.4) is 0 Å². The highest BCUT2D eigenvalue weighted by Crippen LogP contribution is 2.31. The van der Waals surface area contributed by atoms with Crippen molar-refractivity contribution in [2.75, 3.05) is 39.8 Å². The molecule has 1 saturated carbocycles. The van der Waals surface area contributed by atoms with E-state index in [1.54, 1.807) is 0 Å². The van der Waals surface area contributed by atoms with E-state index in [2.05, 4.69) is 10.2 Å². The van der Waals surface area contributed by atoms with E-state index in [0.717, 1.165) is 19.6 Å². The Morgan fingerprint density at radius 2 is 1.80 bits per heavy atom. The van der Waals surface area contributed by atoms with Gasteiger partial charge in [0.15, 0.2) is 0 Å². The molecule has 1 aliphatic heterocycles. The van der Waals surface area contributed by atoms with Gasteiger partial charge in [-0.2, -0.15) is 0 Å². The Bertz CT molecular complexity index is 184. The smallest absolute Gasteiger partial charge is 0.0805 e. The Hall–Kier alpha value is -0.120. The zero-order chi connectivity index (χ0) is 10.6. The average molecular weight is 212 g/mol. The van der Waals surface area contributed by atoms with Crippen molar-refractivity contribution in [1.82, 2.24) is 10.2 Å². The molecule has 0 aromatic rings. The molecule has 0 radical (unpaired) electrons. The van der Waals surface area contributed by atoms with Crippen LogP contribution < -0.4 is 5.32 Å². The fourth-order valence-electron chi connectivity index (χ4n) is 2.90. The van der Waals surface area contributed by atoms with Gasteiger partial charge in [0.25, 0.3) is 0 Å². The Kier molecular flexibility index (Phi) is 4.00. The maximum absolute atomic E-state index is 5.82. The highest BCUT2D eigenvalue weighted by Gasteiger charge is 2.33. The lowest BCUT2D eigenvalue weighted by Crippen LogP contribution is -2.52. The first-order chi connectivity index (χ1) is 7.35. The van der Waals surface area contributed by atoms with Crippen LogP contribution in [0.25, 0.3) is 0 Å². The molecule has 0 atom stereocenters. The lowest BCUT2D eigenvalue weighted by molar-refractivity contribution is -0.0632. The molecule has 0 amide bonds. The molecule has 1 saturated heterocycles. The summed E-state index contributed by atoms with van der Waals surface area (Å²) in [4.78, 5) is 2.56. The summed E-state index contributed by atoms with van der Waals surface area (Å²) in [5, 5.41) is 3.40. The average Bonchev–Trinajstić information content (AvgIpc) is 2.32. The predicted molar refractivity (Wildman–Crippen MR) is 62.1 cm³/mol. The summed E-state index contributed by atoms with van der Waals surface area (Å²) >= 11 is 0. The first-order valence-electron chi connectivity index (χ1n) is 6.33. The molecule has 1 heterocycles. The molecule has 3 nitrogen and oxygen atoms in total. The monoisotopic (exact) mass is 212 g/mol. The van der Waals surface area contributed by atoms with Crippen molar-refractivity contribution >= 4 is 0 Å². The zero-order valence-corrected chi connectivity index (χ0v) is 9.93. The molecule has 1 N–H and O–H groups in total. The highest BCUT2D eigenvalue weighted by atomic mass is 16.5.